The Hall–Kier alpha value is 0.330. The fraction of sp³-hybridized carbons (Fsp3) is 0.143. The third kappa shape index (κ3) is 1.80. The standard InChI is InChI=1S/C7H3Br2ClF2/c8-4-1-5(11)3(2-10)6(9)7(4)12/h1H,2H2. The van der Waals surface area contributed by atoms with E-state index in [1.165, 1.54) is 0 Å². The molecule has 1 aromatic rings. The monoisotopic (exact) mass is 318 g/mol. The summed E-state index contributed by atoms with van der Waals surface area (Å²) >= 11 is 11.2. The Balaban J connectivity index is 3.40. The number of benzene rings is 1. The number of halogens is 5. The van der Waals surface area contributed by atoms with Gasteiger partial charge in [-0.25, -0.2) is 8.78 Å². The maximum atomic E-state index is 13.0. The maximum Gasteiger partial charge on any atom is 0.152 e. The summed E-state index contributed by atoms with van der Waals surface area (Å²) in [6, 6.07) is 1.05. The minimum atomic E-state index is -0.535. The van der Waals surface area contributed by atoms with E-state index in [0.29, 0.717) is 0 Å². The Morgan fingerprint density at radius 2 is 1.92 bits per heavy atom. The predicted molar refractivity (Wildman–Crippen MR) is 51.3 cm³/mol. The minimum absolute atomic E-state index is 0.0589. The van der Waals surface area contributed by atoms with Gasteiger partial charge in [-0.05, 0) is 37.9 Å². The molecule has 0 heterocycles. The Labute approximate surface area is 90.2 Å². The van der Waals surface area contributed by atoms with Gasteiger partial charge in [-0.15, -0.1) is 11.6 Å². The third-order valence-electron chi connectivity index (χ3n) is 1.34. The average Bonchev–Trinajstić information content (AvgIpc) is 2.01. The molecule has 0 spiro atoms. The van der Waals surface area contributed by atoms with E-state index >= 15 is 0 Å². The van der Waals surface area contributed by atoms with Gasteiger partial charge in [-0.1, -0.05) is 0 Å². The zero-order valence-corrected chi connectivity index (χ0v) is 9.60. The van der Waals surface area contributed by atoms with E-state index in [1.807, 2.05) is 0 Å². The van der Waals surface area contributed by atoms with Gasteiger partial charge in [0.15, 0.2) is 5.82 Å². The van der Waals surface area contributed by atoms with Crippen molar-refractivity contribution in [3.8, 4) is 0 Å². The van der Waals surface area contributed by atoms with Crippen molar-refractivity contribution in [2.45, 2.75) is 5.88 Å². The molecular weight excluding hydrogens is 317 g/mol. The molecule has 0 nitrogen and oxygen atoms in total. The summed E-state index contributed by atoms with van der Waals surface area (Å²) in [6.45, 7) is 0. The summed E-state index contributed by atoms with van der Waals surface area (Å²) in [7, 11) is 0. The molecule has 0 aliphatic carbocycles. The van der Waals surface area contributed by atoms with Gasteiger partial charge in [-0.2, -0.15) is 0 Å². The van der Waals surface area contributed by atoms with Crippen molar-refractivity contribution in [1.82, 2.24) is 0 Å². The largest absolute Gasteiger partial charge is 0.207 e. The molecule has 0 aliphatic heterocycles. The number of hydrogen-bond donors (Lipinski definition) is 0. The highest BCUT2D eigenvalue weighted by molar-refractivity contribution is 9.11. The second-order valence-electron chi connectivity index (χ2n) is 2.08. The second kappa shape index (κ2) is 4.03. The topological polar surface area (TPSA) is 0 Å². The molecule has 0 unspecified atom stereocenters. The van der Waals surface area contributed by atoms with Gasteiger partial charge in [0, 0.05) is 5.56 Å². The summed E-state index contributed by atoms with van der Waals surface area (Å²) < 4.78 is 26.2. The van der Waals surface area contributed by atoms with Crippen LogP contribution in [0.1, 0.15) is 5.56 Å². The first-order chi connectivity index (χ1) is 5.57. The first-order valence-electron chi connectivity index (χ1n) is 2.95. The van der Waals surface area contributed by atoms with Crippen LogP contribution in [0.4, 0.5) is 8.78 Å². The molecule has 66 valence electrons. The van der Waals surface area contributed by atoms with E-state index in [-0.39, 0.29) is 20.4 Å². The van der Waals surface area contributed by atoms with E-state index in [2.05, 4.69) is 31.9 Å². The van der Waals surface area contributed by atoms with Gasteiger partial charge >= 0.3 is 0 Å². The molecular formula is C7H3Br2ClF2. The van der Waals surface area contributed by atoms with Gasteiger partial charge < -0.3 is 0 Å². The molecule has 0 saturated heterocycles. The van der Waals surface area contributed by atoms with E-state index in [1.54, 1.807) is 0 Å². The predicted octanol–water partition coefficient (Wildman–Crippen LogP) is 4.23. The third-order valence-corrected chi connectivity index (χ3v) is 3.01. The molecule has 0 bridgehead atoms. The van der Waals surface area contributed by atoms with Crippen molar-refractivity contribution in [1.29, 1.82) is 0 Å². The Bertz CT molecular complexity index is 315. The molecule has 12 heavy (non-hydrogen) atoms. The summed E-state index contributed by atoms with van der Waals surface area (Å²) in [5, 5.41) is 0. The first-order valence-corrected chi connectivity index (χ1v) is 5.07. The molecule has 0 aromatic heterocycles. The van der Waals surface area contributed by atoms with Crippen LogP contribution in [0, 0.1) is 11.6 Å². The van der Waals surface area contributed by atoms with Gasteiger partial charge in [0.25, 0.3) is 0 Å². The summed E-state index contributed by atoms with van der Waals surface area (Å²) in [4.78, 5) is 0. The summed E-state index contributed by atoms with van der Waals surface area (Å²) in [6.07, 6.45) is 0. The molecule has 1 rings (SSSR count). The summed E-state index contributed by atoms with van der Waals surface area (Å²) in [5.74, 6) is -1.12. The van der Waals surface area contributed by atoms with Gasteiger partial charge in [-0.3, -0.25) is 0 Å². The van der Waals surface area contributed by atoms with Crippen molar-refractivity contribution < 1.29 is 8.78 Å². The zero-order valence-electron chi connectivity index (χ0n) is 5.67. The van der Waals surface area contributed by atoms with Crippen molar-refractivity contribution >= 4 is 43.5 Å². The SMILES string of the molecule is Fc1cc(Br)c(F)c(Br)c1CCl. The average molecular weight is 320 g/mol. The fourth-order valence-corrected chi connectivity index (χ4v) is 2.36. The smallest absolute Gasteiger partial charge is 0.152 e. The molecule has 0 saturated carbocycles. The van der Waals surface area contributed by atoms with Crippen LogP contribution < -0.4 is 0 Å². The lowest BCUT2D eigenvalue weighted by molar-refractivity contribution is 0.579. The van der Waals surface area contributed by atoms with Crippen LogP contribution in [-0.4, -0.2) is 0 Å². The van der Waals surface area contributed by atoms with Crippen LogP contribution in [0.3, 0.4) is 0 Å². The molecule has 0 aliphatic rings. The molecule has 1 aromatic carbocycles. The van der Waals surface area contributed by atoms with Crippen LogP contribution in [-0.2, 0) is 5.88 Å². The highest BCUT2D eigenvalue weighted by Gasteiger charge is 2.13. The van der Waals surface area contributed by atoms with E-state index in [4.69, 9.17) is 11.6 Å². The Morgan fingerprint density at radius 1 is 1.33 bits per heavy atom. The highest BCUT2D eigenvalue weighted by Crippen LogP contribution is 2.30. The molecule has 0 N–H and O–H groups in total. The second-order valence-corrected chi connectivity index (χ2v) is 3.99. The number of rotatable bonds is 1. The van der Waals surface area contributed by atoms with Crippen molar-refractivity contribution in [2.75, 3.05) is 0 Å². The lowest BCUT2D eigenvalue weighted by Gasteiger charge is -2.04. The van der Waals surface area contributed by atoms with Gasteiger partial charge in [0.2, 0.25) is 0 Å². The molecule has 0 radical (unpaired) electrons. The van der Waals surface area contributed by atoms with Gasteiger partial charge in [0.05, 0.1) is 14.8 Å². The maximum absolute atomic E-state index is 13.0. The zero-order chi connectivity index (χ0) is 9.30. The molecule has 0 amide bonds. The van der Waals surface area contributed by atoms with E-state index < -0.39 is 11.6 Å². The Kier molecular flexibility index (Phi) is 3.49. The first kappa shape index (κ1) is 10.4. The van der Waals surface area contributed by atoms with E-state index in [9.17, 15) is 8.78 Å². The molecule has 5 heteroatoms. The van der Waals surface area contributed by atoms with Gasteiger partial charge in [0.1, 0.15) is 5.82 Å². The normalized spacial score (nSPS) is 10.4. The van der Waals surface area contributed by atoms with Crippen molar-refractivity contribution in [2.24, 2.45) is 0 Å². The Morgan fingerprint density at radius 3 is 2.42 bits per heavy atom. The quantitative estimate of drug-likeness (QED) is 0.413. The molecule has 0 fully saturated rings. The lowest BCUT2D eigenvalue weighted by atomic mass is 10.2. The van der Waals surface area contributed by atoms with Crippen LogP contribution in [0.15, 0.2) is 15.0 Å². The molecule has 0 atom stereocenters. The van der Waals surface area contributed by atoms with Crippen LogP contribution in [0.5, 0.6) is 0 Å². The van der Waals surface area contributed by atoms with Crippen molar-refractivity contribution in [3.05, 3.63) is 32.2 Å². The van der Waals surface area contributed by atoms with Crippen LogP contribution in [0.2, 0.25) is 0 Å². The van der Waals surface area contributed by atoms with Crippen LogP contribution in [0.25, 0.3) is 0 Å². The van der Waals surface area contributed by atoms with E-state index in [0.717, 1.165) is 6.07 Å². The van der Waals surface area contributed by atoms with Crippen LogP contribution >= 0.6 is 43.5 Å². The summed E-state index contributed by atoms with van der Waals surface area (Å²) in [5.41, 5.74) is 0.136. The lowest BCUT2D eigenvalue weighted by Crippen LogP contribution is -1.93. The number of alkyl halides is 1. The van der Waals surface area contributed by atoms with Crippen molar-refractivity contribution in [3.63, 3.8) is 0 Å². The number of hydrogen-bond acceptors (Lipinski definition) is 0. The minimum Gasteiger partial charge on any atom is -0.207 e. The fourth-order valence-electron chi connectivity index (χ4n) is 0.726. The highest BCUT2D eigenvalue weighted by atomic mass is 79.9.